The van der Waals surface area contributed by atoms with Gasteiger partial charge in [-0.1, -0.05) is 0 Å². The quantitative estimate of drug-likeness (QED) is 0.757. The maximum absolute atomic E-state index is 5.19. The van der Waals surface area contributed by atoms with Crippen LogP contribution in [0.4, 0.5) is 0 Å². The van der Waals surface area contributed by atoms with Gasteiger partial charge in [-0.05, 0) is 42.0 Å². The summed E-state index contributed by atoms with van der Waals surface area (Å²) in [5.74, 6) is 1.88. The lowest BCUT2D eigenvalue weighted by Gasteiger charge is -2.14. The number of hydrogen-bond acceptors (Lipinski definition) is 5. The van der Waals surface area contributed by atoms with E-state index in [1.165, 1.54) is 15.3 Å². The Morgan fingerprint density at radius 1 is 1.23 bits per heavy atom. The summed E-state index contributed by atoms with van der Waals surface area (Å²) in [5.41, 5.74) is 1.22. The molecule has 1 aromatic heterocycles. The highest BCUT2D eigenvalue weighted by molar-refractivity contribution is 14.0. The minimum absolute atomic E-state index is 0. The van der Waals surface area contributed by atoms with Gasteiger partial charge < -0.3 is 15.0 Å². The molecular weight excluding hydrogens is 409 g/mol. The third-order valence-corrected chi connectivity index (χ3v) is 4.65. The van der Waals surface area contributed by atoms with E-state index < -0.39 is 0 Å². The average Bonchev–Trinajstić information content (AvgIpc) is 3.14. The van der Waals surface area contributed by atoms with E-state index in [2.05, 4.69) is 46.5 Å². The fourth-order valence-corrected chi connectivity index (χ4v) is 3.23. The van der Waals surface area contributed by atoms with Gasteiger partial charge in [0.1, 0.15) is 5.75 Å². The van der Waals surface area contributed by atoms with Crippen LogP contribution in [0.15, 0.2) is 41.4 Å². The Bertz CT molecular complexity index is 639. The molecule has 6 heteroatoms. The molecule has 0 atom stereocenters. The number of hydrogen-bond donors (Lipinski definition) is 1. The van der Waals surface area contributed by atoms with Crippen molar-refractivity contribution in [1.82, 2.24) is 10.2 Å². The van der Waals surface area contributed by atoms with Crippen LogP contribution in [0.25, 0.3) is 10.4 Å². The number of nitrogens with zero attached hydrogens (tertiary/aromatic N) is 2. The van der Waals surface area contributed by atoms with Crippen LogP contribution in [0.2, 0.25) is 0 Å². The molecule has 4 nitrogen and oxygen atoms in total. The van der Waals surface area contributed by atoms with Crippen LogP contribution in [-0.4, -0.2) is 38.1 Å². The van der Waals surface area contributed by atoms with Crippen molar-refractivity contribution >= 4 is 41.3 Å². The number of aliphatic imine (C=N–C) groups is 1. The fraction of sp³-hybridized carbons (Fsp3) is 0.312. The van der Waals surface area contributed by atoms with Crippen molar-refractivity contribution in [3.63, 3.8) is 0 Å². The molecular formula is C16H20IN3OS. The third kappa shape index (κ3) is 3.92. The molecule has 0 aliphatic carbocycles. The lowest BCUT2D eigenvalue weighted by molar-refractivity contribution is 0.415. The Balaban J connectivity index is 0.00000176. The summed E-state index contributed by atoms with van der Waals surface area (Å²) in [7, 11) is 3.75. The van der Waals surface area contributed by atoms with Crippen molar-refractivity contribution < 1.29 is 4.74 Å². The Morgan fingerprint density at radius 2 is 2.00 bits per heavy atom. The zero-order valence-corrected chi connectivity index (χ0v) is 15.9. The van der Waals surface area contributed by atoms with Gasteiger partial charge in [-0.3, -0.25) is 4.99 Å². The summed E-state index contributed by atoms with van der Waals surface area (Å²) < 4.78 is 5.19. The van der Waals surface area contributed by atoms with Gasteiger partial charge >= 0.3 is 0 Å². The van der Waals surface area contributed by atoms with Crippen LogP contribution >= 0.6 is 35.3 Å². The molecule has 22 heavy (non-hydrogen) atoms. The predicted molar refractivity (Wildman–Crippen MR) is 103 cm³/mol. The Hall–Kier alpha value is -1.28. The molecule has 1 aromatic carbocycles. The first-order valence-electron chi connectivity index (χ1n) is 6.99. The Kier molecular flexibility index (Phi) is 6.07. The van der Waals surface area contributed by atoms with Gasteiger partial charge in [0.05, 0.1) is 20.2 Å². The van der Waals surface area contributed by atoms with Crippen molar-refractivity contribution in [3.8, 4) is 16.2 Å². The highest BCUT2D eigenvalue weighted by Crippen LogP contribution is 2.29. The third-order valence-electron chi connectivity index (χ3n) is 3.52. The lowest BCUT2D eigenvalue weighted by Crippen LogP contribution is -2.34. The Labute approximate surface area is 152 Å². The zero-order chi connectivity index (χ0) is 14.7. The average molecular weight is 429 g/mol. The van der Waals surface area contributed by atoms with E-state index in [0.29, 0.717) is 0 Å². The number of ether oxygens (including phenoxy) is 1. The number of likely N-dealkylation sites (N-methyl/N-ethyl adjacent to an activating group) is 1. The highest BCUT2D eigenvalue weighted by atomic mass is 127. The van der Waals surface area contributed by atoms with Crippen LogP contribution < -0.4 is 10.1 Å². The lowest BCUT2D eigenvalue weighted by atomic mass is 10.2. The van der Waals surface area contributed by atoms with Crippen LogP contribution in [0.1, 0.15) is 4.88 Å². The van der Waals surface area contributed by atoms with Gasteiger partial charge in [0, 0.05) is 23.3 Å². The van der Waals surface area contributed by atoms with Crippen molar-refractivity contribution in [1.29, 1.82) is 0 Å². The molecule has 0 fully saturated rings. The minimum atomic E-state index is 0. The second-order valence-electron chi connectivity index (χ2n) is 4.97. The first-order chi connectivity index (χ1) is 10.3. The standard InChI is InChI=1S/C16H19N3OS.HI/c1-19-10-9-17-16(19)18-11-14-7-8-15(21-14)12-3-5-13(20-2)6-4-12;/h3-8H,9-11H2,1-2H3,(H,17,18);1H. The molecule has 0 bridgehead atoms. The van der Waals surface area contributed by atoms with Crippen LogP contribution in [0, 0.1) is 0 Å². The number of rotatable bonds is 4. The molecule has 0 saturated heterocycles. The molecule has 1 N–H and O–H groups in total. The largest absolute Gasteiger partial charge is 0.497 e. The molecule has 2 aromatic rings. The number of halogens is 1. The molecule has 118 valence electrons. The van der Waals surface area contributed by atoms with E-state index in [1.807, 2.05) is 23.5 Å². The maximum atomic E-state index is 5.19. The summed E-state index contributed by atoms with van der Waals surface area (Å²) in [5, 5.41) is 3.40. The summed E-state index contributed by atoms with van der Waals surface area (Å²) in [6.07, 6.45) is 0. The van der Waals surface area contributed by atoms with E-state index in [1.54, 1.807) is 7.11 Å². The number of methoxy groups -OCH3 is 1. The molecule has 0 spiro atoms. The van der Waals surface area contributed by atoms with Crippen LogP contribution in [-0.2, 0) is 6.54 Å². The number of benzene rings is 1. The number of thiophene rings is 1. The number of nitrogens with one attached hydrogen (secondary N) is 1. The smallest absolute Gasteiger partial charge is 0.194 e. The SMILES string of the molecule is COc1ccc(-c2ccc(CNC3=NCCN3C)s2)cc1.I. The molecule has 2 heterocycles. The van der Waals surface area contributed by atoms with Gasteiger partial charge in [0.2, 0.25) is 0 Å². The second kappa shape index (κ2) is 7.82. The summed E-state index contributed by atoms with van der Waals surface area (Å²) in [6, 6.07) is 12.5. The van der Waals surface area contributed by atoms with Crippen molar-refractivity contribution in [2.24, 2.45) is 4.99 Å². The van der Waals surface area contributed by atoms with Gasteiger partial charge in [-0.2, -0.15) is 0 Å². The molecule has 3 rings (SSSR count). The fourth-order valence-electron chi connectivity index (χ4n) is 2.27. The molecule has 0 radical (unpaired) electrons. The van der Waals surface area contributed by atoms with Crippen LogP contribution in [0.3, 0.4) is 0 Å². The monoisotopic (exact) mass is 429 g/mol. The van der Waals surface area contributed by atoms with Gasteiger partial charge in [0.15, 0.2) is 5.96 Å². The van der Waals surface area contributed by atoms with E-state index in [4.69, 9.17) is 4.74 Å². The molecule has 0 unspecified atom stereocenters. The van der Waals surface area contributed by atoms with E-state index in [-0.39, 0.29) is 24.0 Å². The van der Waals surface area contributed by atoms with Gasteiger partial charge in [0.25, 0.3) is 0 Å². The summed E-state index contributed by atoms with van der Waals surface area (Å²) in [6.45, 7) is 2.72. The normalized spacial score (nSPS) is 13.5. The first-order valence-corrected chi connectivity index (χ1v) is 7.80. The second-order valence-corrected chi connectivity index (χ2v) is 6.14. The summed E-state index contributed by atoms with van der Waals surface area (Å²) in [4.78, 5) is 9.17. The molecule has 1 aliphatic rings. The highest BCUT2D eigenvalue weighted by Gasteiger charge is 2.12. The number of guanidine groups is 1. The van der Waals surface area contributed by atoms with Crippen molar-refractivity contribution in [2.45, 2.75) is 6.54 Å². The van der Waals surface area contributed by atoms with Gasteiger partial charge in [-0.25, -0.2) is 0 Å². The van der Waals surface area contributed by atoms with Crippen molar-refractivity contribution in [2.75, 3.05) is 27.2 Å². The summed E-state index contributed by atoms with van der Waals surface area (Å²) >= 11 is 1.81. The zero-order valence-electron chi connectivity index (χ0n) is 12.7. The Morgan fingerprint density at radius 3 is 2.64 bits per heavy atom. The first kappa shape index (κ1) is 17.1. The maximum Gasteiger partial charge on any atom is 0.194 e. The molecule has 0 amide bonds. The van der Waals surface area contributed by atoms with E-state index in [0.717, 1.165) is 31.3 Å². The predicted octanol–water partition coefficient (Wildman–Crippen LogP) is 3.43. The van der Waals surface area contributed by atoms with Crippen molar-refractivity contribution in [3.05, 3.63) is 41.3 Å². The van der Waals surface area contributed by atoms with E-state index >= 15 is 0 Å². The van der Waals surface area contributed by atoms with Crippen LogP contribution in [0.5, 0.6) is 5.75 Å². The molecule has 0 saturated carbocycles. The molecule has 1 aliphatic heterocycles. The minimum Gasteiger partial charge on any atom is -0.497 e. The van der Waals surface area contributed by atoms with Gasteiger partial charge in [-0.15, -0.1) is 35.3 Å². The topological polar surface area (TPSA) is 36.9 Å². The van der Waals surface area contributed by atoms with E-state index in [9.17, 15) is 0 Å².